The molecule has 17 heavy (non-hydrogen) atoms. The summed E-state index contributed by atoms with van der Waals surface area (Å²) in [6.45, 7) is 3.62. The maximum atomic E-state index is 11.3. The van der Waals surface area contributed by atoms with Gasteiger partial charge in [-0.2, -0.15) is 5.26 Å². The van der Waals surface area contributed by atoms with Crippen LogP contribution < -0.4 is 10.6 Å². The van der Waals surface area contributed by atoms with Gasteiger partial charge < -0.3 is 15.2 Å². The third-order valence-electron chi connectivity index (χ3n) is 2.36. The largest absolute Gasteiger partial charge is 0.355 e. The fraction of sp³-hybridized carbons (Fsp3) is 0.500. The van der Waals surface area contributed by atoms with E-state index in [2.05, 4.69) is 16.7 Å². The van der Waals surface area contributed by atoms with E-state index in [4.69, 9.17) is 5.26 Å². The summed E-state index contributed by atoms with van der Waals surface area (Å²) >= 11 is 0. The van der Waals surface area contributed by atoms with Gasteiger partial charge in [-0.15, -0.1) is 0 Å². The Morgan fingerprint density at radius 1 is 1.59 bits per heavy atom. The van der Waals surface area contributed by atoms with Gasteiger partial charge >= 0.3 is 0 Å². The third-order valence-corrected chi connectivity index (χ3v) is 2.36. The number of amides is 1. The van der Waals surface area contributed by atoms with E-state index in [1.165, 1.54) is 0 Å². The molecule has 5 nitrogen and oxygen atoms in total. The Kier molecular flexibility index (Phi) is 5.24. The summed E-state index contributed by atoms with van der Waals surface area (Å²) in [5.74, 6) is 0.00304. The van der Waals surface area contributed by atoms with Crippen LogP contribution in [0.5, 0.6) is 0 Å². The van der Waals surface area contributed by atoms with Gasteiger partial charge in [0.15, 0.2) is 0 Å². The number of rotatable bonds is 6. The van der Waals surface area contributed by atoms with Gasteiger partial charge in [-0.1, -0.05) is 6.92 Å². The zero-order valence-corrected chi connectivity index (χ0v) is 10.3. The highest BCUT2D eigenvalue weighted by atomic mass is 16.1. The molecule has 0 saturated heterocycles. The minimum atomic E-state index is 0.00304. The number of nitrogens with one attached hydrogen (secondary N) is 2. The second kappa shape index (κ2) is 6.71. The molecular formula is C12H18N4O. The van der Waals surface area contributed by atoms with Crippen molar-refractivity contribution in [3.8, 4) is 6.07 Å². The van der Waals surface area contributed by atoms with E-state index in [-0.39, 0.29) is 5.91 Å². The van der Waals surface area contributed by atoms with E-state index in [0.29, 0.717) is 25.3 Å². The number of nitriles is 1. The van der Waals surface area contributed by atoms with Gasteiger partial charge in [0.2, 0.25) is 5.91 Å². The molecule has 0 radical (unpaired) electrons. The molecule has 0 aliphatic heterocycles. The van der Waals surface area contributed by atoms with E-state index in [9.17, 15) is 4.79 Å². The summed E-state index contributed by atoms with van der Waals surface area (Å²) in [6.07, 6.45) is 2.82. The van der Waals surface area contributed by atoms with Gasteiger partial charge in [0, 0.05) is 26.3 Å². The minimum Gasteiger partial charge on any atom is -0.355 e. The lowest BCUT2D eigenvalue weighted by Crippen LogP contribution is -2.33. The third kappa shape index (κ3) is 4.29. The van der Waals surface area contributed by atoms with Gasteiger partial charge in [0.05, 0.1) is 6.54 Å². The number of aryl methyl sites for hydroxylation is 1. The van der Waals surface area contributed by atoms with Crippen molar-refractivity contribution < 1.29 is 4.79 Å². The number of hydrogen-bond acceptors (Lipinski definition) is 3. The summed E-state index contributed by atoms with van der Waals surface area (Å²) in [7, 11) is 1.83. The molecule has 0 fully saturated rings. The molecule has 1 aromatic heterocycles. The van der Waals surface area contributed by atoms with Crippen LogP contribution in [0.15, 0.2) is 12.3 Å². The molecule has 1 aromatic rings. The molecule has 0 saturated carbocycles. The van der Waals surface area contributed by atoms with Gasteiger partial charge in [-0.05, 0) is 18.1 Å². The van der Waals surface area contributed by atoms with E-state index in [1.54, 1.807) is 4.57 Å². The second-order valence-corrected chi connectivity index (χ2v) is 3.91. The Labute approximate surface area is 101 Å². The van der Waals surface area contributed by atoms with Crippen LogP contribution in [0.1, 0.15) is 24.6 Å². The molecule has 1 amide bonds. The van der Waals surface area contributed by atoms with E-state index in [0.717, 1.165) is 12.0 Å². The lowest BCUT2D eigenvalue weighted by Gasteiger charge is -2.04. The Morgan fingerprint density at radius 2 is 2.35 bits per heavy atom. The van der Waals surface area contributed by atoms with Crippen LogP contribution in [0.2, 0.25) is 0 Å². The Balaban J connectivity index is 2.31. The molecular weight excluding hydrogens is 216 g/mol. The van der Waals surface area contributed by atoms with E-state index >= 15 is 0 Å². The first-order chi connectivity index (χ1) is 8.17. The van der Waals surface area contributed by atoms with Crippen molar-refractivity contribution in [3.05, 3.63) is 23.5 Å². The molecule has 0 aliphatic rings. The molecule has 0 spiro atoms. The number of carbonyl (C=O) groups excluding carboxylic acids is 1. The molecule has 0 atom stereocenters. The van der Waals surface area contributed by atoms with Gasteiger partial charge in [0.1, 0.15) is 11.8 Å². The summed E-state index contributed by atoms with van der Waals surface area (Å²) in [6, 6.07) is 3.92. The van der Waals surface area contributed by atoms with Crippen LogP contribution in [-0.4, -0.2) is 23.6 Å². The smallest absolute Gasteiger partial charge is 0.233 e. The number of hydrogen-bond donors (Lipinski definition) is 2. The molecule has 92 valence electrons. The first-order valence-corrected chi connectivity index (χ1v) is 5.70. The second-order valence-electron chi connectivity index (χ2n) is 3.91. The highest BCUT2D eigenvalue weighted by molar-refractivity contribution is 5.77. The predicted molar refractivity (Wildman–Crippen MR) is 65.1 cm³/mol. The maximum Gasteiger partial charge on any atom is 0.233 e. The number of nitrogens with zero attached hydrogens (tertiary/aromatic N) is 2. The average molecular weight is 234 g/mol. The topological polar surface area (TPSA) is 69.8 Å². The Bertz CT molecular complexity index is 417. The van der Waals surface area contributed by atoms with Crippen LogP contribution >= 0.6 is 0 Å². The van der Waals surface area contributed by atoms with Crippen molar-refractivity contribution in [3.63, 3.8) is 0 Å². The average Bonchev–Trinajstić information content (AvgIpc) is 2.67. The van der Waals surface area contributed by atoms with Crippen molar-refractivity contribution >= 4 is 5.91 Å². The first kappa shape index (κ1) is 13.3. The first-order valence-electron chi connectivity index (χ1n) is 5.70. The summed E-state index contributed by atoms with van der Waals surface area (Å²) in [5, 5.41) is 14.6. The quantitative estimate of drug-likeness (QED) is 0.753. The van der Waals surface area contributed by atoms with Gasteiger partial charge in [-0.3, -0.25) is 4.79 Å². The molecule has 2 N–H and O–H groups in total. The highest BCUT2D eigenvalue weighted by Gasteiger charge is 2.03. The van der Waals surface area contributed by atoms with Crippen molar-refractivity contribution in [2.75, 3.05) is 13.1 Å². The van der Waals surface area contributed by atoms with Crippen LogP contribution in [0.25, 0.3) is 0 Å². The fourth-order valence-electron chi connectivity index (χ4n) is 1.49. The van der Waals surface area contributed by atoms with Crippen LogP contribution in [0, 0.1) is 11.3 Å². The SMILES string of the molecule is CCCNC(=O)CNCc1cc(C#N)n(C)c1. The minimum absolute atomic E-state index is 0.00304. The lowest BCUT2D eigenvalue weighted by atomic mass is 10.3. The molecule has 0 aromatic carbocycles. The summed E-state index contributed by atoms with van der Waals surface area (Å²) in [4.78, 5) is 11.3. The highest BCUT2D eigenvalue weighted by Crippen LogP contribution is 2.05. The molecule has 0 aliphatic carbocycles. The van der Waals surface area contributed by atoms with Crippen LogP contribution in [0.4, 0.5) is 0 Å². The Morgan fingerprint density at radius 3 is 2.94 bits per heavy atom. The van der Waals surface area contributed by atoms with Crippen molar-refractivity contribution in [1.29, 1.82) is 5.26 Å². The summed E-state index contributed by atoms with van der Waals surface area (Å²) in [5.41, 5.74) is 1.63. The summed E-state index contributed by atoms with van der Waals surface area (Å²) < 4.78 is 1.77. The van der Waals surface area contributed by atoms with Crippen LogP contribution in [-0.2, 0) is 18.4 Å². The van der Waals surface area contributed by atoms with E-state index < -0.39 is 0 Å². The van der Waals surface area contributed by atoms with Crippen molar-refractivity contribution in [1.82, 2.24) is 15.2 Å². The molecule has 5 heteroatoms. The maximum absolute atomic E-state index is 11.3. The lowest BCUT2D eigenvalue weighted by molar-refractivity contribution is -0.120. The van der Waals surface area contributed by atoms with Crippen molar-refractivity contribution in [2.45, 2.75) is 19.9 Å². The van der Waals surface area contributed by atoms with E-state index in [1.807, 2.05) is 26.2 Å². The van der Waals surface area contributed by atoms with Gasteiger partial charge in [0.25, 0.3) is 0 Å². The zero-order valence-electron chi connectivity index (χ0n) is 10.3. The number of aromatic nitrogens is 1. The van der Waals surface area contributed by atoms with Gasteiger partial charge in [-0.25, -0.2) is 0 Å². The molecule has 0 unspecified atom stereocenters. The van der Waals surface area contributed by atoms with Crippen LogP contribution in [0.3, 0.4) is 0 Å². The standard InChI is InChI=1S/C12H18N4O/c1-3-4-15-12(17)8-14-7-10-5-11(6-13)16(2)9-10/h5,9,14H,3-4,7-8H2,1-2H3,(H,15,17). The molecule has 1 rings (SSSR count). The van der Waals surface area contributed by atoms with Crippen molar-refractivity contribution in [2.24, 2.45) is 7.05 Å². The predicted octanol–water partition coefficient (Wildman–Crippen LogP) is 0.513. The zero-order chi connectivity index (χ0) is 12.7. The fourth-order valence-corrected chi connectivity index (χ4v) is 1.49. The monoisotopic (exact) mass is 234 g/mol. The Hall–Kier alpha value is -1.80. The number of carbonyl (C=O) groups is 1. The molecule has 0 bridgehead atoms. The molecule has 1 heterocycles. The normalized spacial score (nSPS) is 9.94.